The number of piperidine rings is 1. The van der Waals surface area contributed by atoms with Gasteiger partial charge in [0.2, 0.25) is 0 Å². The second-order valence-electron chi connectivity index (χ2n) is 7.82. The average molecular weight is 400 g/mol. The van der Waals surface area contributed by atoms with Gasteiger partial charge in [0.1, 0.15) is 5.75 Å². The van der Waals surface area contributed by atoms with Crippen LogP contribution in [0.1, 0.15) is 44.4 Å². The predicted octanol–water partition coefficient (Wildman–Crippen LogP) is 3.83. The number of benzene rings is 1. The van der Waals surface area contributed by atoms with Crippen LogP contribution in [0.15, 0.2) is 36.5 Å². The van der Waals surface area contributed by atoms with Gasteiger partial charge < -0.3 is 9.47 Å². The lowest BCUT2D eigenvalue weighted by atomic mass is 9.77. The van der Waals surface area contributed by atoms with Crippen LogP contribution in [-0.2, 0) is 22.6 Å². The summed E-state index contributed by atoms with van der Waals surface area (Å²) < 4.78 is 13.4. The third kappa shape index (κ3) is 5.38. The van der Waals surface area contributed by atoms with Crippen molar-refractivity contribution in [2.45, 2.75) is 53.1 Å². The minimum absolute atomic E-state index is 0.0951. The molecule has 2 heterocycles. The fourth-order valence-electron chi connectivity index (χ4n) is 4.12. The Morgan fingerprint density at radius 3 is 2.72 bits per heavy atom. The molecule has 6 heteroatoms. The molecule has 3 rings (SSSR count). The van der Waals surface area contributed by atoms with Crippen LogP contribution in [0.25, 0.3) is 0 Å². The van der Waals surface area contributed by atoms with E-state index >= 15 is 0 Å². The number of hydrogen-bond acceptors (Lipinski definition) is 5. The van der Waals surface area contributed by atoms with Gasteiger partial charge in [-0.05, 0) is 58.7 Å². The maximum absolute atomic E-state index is 13.0. The number of nitrogens with zero attached hydrogens (tertiary/aromatic N) is 3. The Bertz CT molecular complexity index is 790. The fourth-order valence-corrected chi connectivity index (χ4v) is 4.12. The molecule has 0 spiro atoms. The zero-order valence-corrected chi connectivity index (χ0v) is 17.9. The number of carbonyl (C=O) groups excluding carboxylic acids is 1. The van der Waals surface area contributed by atoms with Gasteiger partial charge in [0.15, 0.2) is 0 Å². The molecule has 0 saturated carbocycles. The first kappa shape index (κ1) is 21.4. The van der Waals surface area contributed by atoms with Crippen LogP contribution in [-0.4, -0.2) is 47.0 Å². The first-order valence-corrected chi connectivity index (χ1v) is 10.7. The molecular formula is C23H33N3O3. The van der Waals surface area contributed by atoms with Crippen molar-refractivity contribution in [1.82, 2.24) is 14.7 Å². The second kappa shape index (κ2) is 9.92. The smallest absolute Gasteiger partial charge is 0.313 e. The number of esters is 1. The van der Waals surface area contributed by atoms with E-state index in [9.17, 15) is 4.79 Å². The summed E-state index contributed by atoms with van der Waals surface area (Å²) in [5, 5.41) is 4.56. The Labute approximate surface area is 173 Å². The highest BCUT2D eigenvalue weighted by Crippen LogP contribution is 2.36. The van der Waals surface area contributed by atoms with E-state index in [1.54, 1.807) is 0 Å². The van der Waals surface area contributed by atoms with Crippen LogP contribution >= 0.6 is 0 Å². The van der Waals surface area contributed by atoms with Crippen LogP contribution in [0.4, 0.5) is 0 Å². The lowest BCUT2D eigenvalue weighted by Crippen LogP contribution is -2.49. The highest BCUT2D eigenvalue weighted by molar-refractivity contribution is 5.77. The standard InChI is InChI=1S/C23H33N3O3/c1-4-26-17-20(19(3)24-26)16-25-14-9-12-23(18-25,22(27)28-5-2)13-15-29-21-10-7-6-8-11-21/h6-8,10-11,17H,4-5,9,12-16,18H2,1-3H3/t23-/m0/s1. The number of para-hydroxylation sites is 1. The van der Waals surface area contributed by atoms with Gasteiger partial charge in [0, 0.05) is 31.4 Å². The molecule has 1 fully saturated rings. The first-order valence-electron chi connectivity index (χ1n) is 10.7. The molecular weight excluding hydrogens is 366 g/mol. The molecule has 158 valence electrons. The Balaban J connectivity index is 1.69. The van der Waals surface area contributed by atoms with Gasteiger partial charge in [0.25, 0.3) is 0 Å². The summed E-state index contributed by atoms with van der Waals surface area (Å²) in [6, 6.07) is 9.76. The zero-order chi connectivity index (χ0) is 20.7. The Hall–Kier alpha value is -2.34. The first-order chi connectivity index (χ1) is 14.1. The van der Waals surface area contributed by atoms with Crippen LogP contribution in [0, 0.1) is 12.3 Å². The molecule has 1 aromatic carbocycles. The lowest BCUT2D eigenvalue weighted by Gasteiger charge is -2.41. The molecule has 0 amide bonds. The Morgan fingerprint density at radius 2 is 2.03 bits per heavy atom. The summed E-state index contributed by atoms with van der Waals surface area (Å²) in [5.74, 6) is 0.740. The average Bonchev–Trinajstić information content (AvgIpc) is 3.09. The fraction of sp³-hybridized carbons (Fsp3) is 0.565. The summed E-state index contributed by atoms with van der Waals surface area (Å²) in [5.41, 5.74) is 1.77. The van der Waals surface area contributed by atoms with E-state index in [2.05, 4.69) is 30.0 Å². The topological polar surface area (TPSA) is 56.6 Å². The zero-order valence-electron chi connectivity index (χ0n) is 17.9. The third-order valence-electron chi connectivity index (χ3n) is 5.72. The molecule has 6 nitrogen and oxygen atoms in total. The van der Waals surface area contributed by atoms with Gasteiger partial charge in [-0.15, -0.1) is 0 Å². The number of carbonyl (C=O) groups is 1. The molecule has 1 aromatic heterocycles. The van der Waals surface area contributed by atoms with Crippen molar-refractivity contribution in [2.24, 2.45) is 5.41 Å². The molecule has 0 radical (unpaired) electrons. The number of aryl methyl sites for hydroxylation is 2. The van der Waals surface area contributed by atoms with Crippen molar-refractivity contribution in [3.63, 3.8) is 0 Å². The minimum Gasteiger partial charge on any atom is -0.494 e. The van der Waals surface area contributed by atoms with Crippen molar-refractivity contribution in [3.8, 4) is 5.75 Å². The summed E-state index contributed by atoms with van der Waals surface area (Å²) >= 11 is 0. The van der Waals surface area contributed by atoms with Gasteiger partial charge >= 0.3 is 5.97 Å². The van der Waals surface area contributed by atoms with E-state index < -0.39 is 5.41 Å². The molecule has 1 atom stereocenters. The number of rotatable bonds is 9. The quantitative estimate of drug-likeness (QED) is 0.600. The van der Waals surface area contributed by atoms with Crippen molar-refractivity contribution < 1.29 is 14.3 Å². The number of ether oxygens (including phenoxy) is 2. The van der Waals surface area contributed by atoms with Crippen molar-refractivity contribution in [2.75, 3.05) is 26.3 Å². The summed E-state index contributed by atoms with van der Waals surface area (Å²) in [6.07, 6.45) is 4.59. The second-order valence-corrected chi connectivity index (χ2v) is 7.82. The molecule has 0 unspecified atom stereocenters. The van der Waals surface area contributed by atoms with Gasteiger partial charge in [-0.25, -0.2) is 0 Å². The van der Waals surface area contributed by atoms with E-state index in [0.29, 0.717) is 26.2 Å². The molecule has 29 heavy (non-hydrogen) atoms. The number of hydrogen-bond donors (Lipinski definition) is 0. The van der Waals surface area contributed by atoms with E-state index in [4.69, 9.17) is 9.47 Å². The summed E-state index contributed by atoms with van der Waals surface area (Å²) in [4.78, 5) is 15.3. The van der Waals surface area contributed by atoms with E-state index in [1.807, 2.05) is 41.9 Å². The van der Waals surface area contributed by atoms with Crippen molar-refractivity contribution >= 4 is 5.97 Å². The van der Waals surface area contributed by atoms with Gasteiger partial charge in [-0.2, -0.15) is 5.10 Å². The minimum atomic E-state index is -0.516. The van der Waals surface area contributed by atoms with Crippen molar-refractivity contribution in [3.05, 3.63) is 47.8 Å². The van der Waals surface area contributed by atoms with Crippen molar-refractivity contribution in [1.29, 1.82) is 0 Å². The molecule has 1 aliphatic heterocycles. The predicted molar refractivity (Wildman–Crippen MR) is 113 cm³/mol. The van der Waals surface area contributed by atoms with Crippen LogP contribution in [0.2, 0.25) is 0 Å². The monoisotopic (exact) mass is 399 g/mol. The SMILES string of the molecule is CCOC(=O)[C@]1(CCOc2ccccc2)CCCN(Cc2cn(CC)nc2C)C1. The molecule has 0 aliphatic carbocycles. The lowest BCUT2D eigenvalue weighted by molar-refractivity contribution is -0.160. The van der Waals surface area contributed by atoms with Gasteiger partial charge in [0.05, 0.1) is 24.3 Å². The van der Waals surface area contributed by atoms with Crippen LogP contribution in [0.3, 0.4) is 0 Å². The largest absolute Gasteiger partial charge is 0.494 e. The molecule has 0 N–H and O–H groups in total. The summed E-state index contributed by atoms with van der Waals surface area (Å²) in [6.45, 7) is 10.3. The van der Waals surface area contributed by atoms with Crippen LogP contribution in [0.5, 0.6) is 5.75 Å². The molecule has 0 bridgehead atoms. The maximum Gasteiger partial charge on any atom is 0.313 e. The van der Waals surface area contributed by atoms with E-state index in [1.165, 1.54) is 5.56 Å². The number of aromatic nitrogens is 2. The van der Waals surface area contributed by atoms with E-state index in [-0.39, 0.29) is 5.97 Å². The molecule has 1 saturated heterocycles. The number of likely N-dealkylation sites (tertiary alicyclic amines) is 1. The van der Waals surface area contributed by atoms with E-state index in [0.717, 1.165) is 43.9 Å². The molecule has 1 aliphatic rings. The highest BCUT2D eigenvalue weighted by atomic mass is 16.5. The summed E-state index contributed by atoms with van der Waals surface area (Å²) in [7, 11) is 0. The Morgan fingerprint density at radius 1 is 1.24 bits per heavy atom. The van der Waals surface area contributed by atoms with Crippen LogP contribution < -0.4 is 4.74 Å². The third-order valence-corrected chi connectivity index (χ3v) is 5.72. The maximum atomic E-state index is 13.0. The molecule has 2 aromatic rings. The highest BCUT2D eigenvalue weighted by Gasteiger charge is 2.43. The Kier molecular flexibility index (Phi) is 7.31. The van der Waals surface area contributed by atoms with Gasteiger partial charge in [-0.3, -0.25) is 14.4 Å². The normalized spacial score (nSPS) is 19.8. The van der Waals surface area contributed by atoms with Gasteiger partial charge in [-0.1, -0.05) is 18.2 Å².